The number of ether oxygens (including phenoxy) is 1. The first-order chi connectivity index (χ1) is 7.16. The van der Waals surface area contributed by atoms with Crippen molar-refractivity contribution in [2.24, 2.45) is 5.73 Å². The van der Waals surface area contributed by atoms with E-state index in [-0.39, 0.29) is 11.9 Å². The largest absolute Gasteiger partial charge is 0.385 e. The van der Waals surface area contributed by atoms with Crippen molar-refractivity contribution in [2.75, 3.05) is 20.3 Å². The summed E-state index contributed by atoms with van der Waals surface area (Å²) in [7, 11) is 1.70. The Morgan fingerprint density at radius 1 is 1.40 bits per heavy atom. The van der Waals surface area contributed by atoms with Crippen LogP contribution < -0.4 is 11.1 Å². The predicted octanol–water partition coefficient (Wildman–Crippen LogP) is 1.05. The standard InChI is InChI=1S/C11H24N2O2/c1-10(12)6-7-11(14)13-8-4-3-5-9-15-2/h10H,3-9,12H2,1-2H3,(H,13,14). The summed E-state index contributed by atoms with van der Waals surface area (Å²) in [6.07, 6.45) is 4.48. The van der Waals surface area contributed by atoms with Crippen LogP contribution in [0.2, 0.25) is 0 Å². The number of nitrogens with one attached hydrogen (secondary N) is 1. The summed E-state index contributed by atoms with van der Waals surface area (Å²) >= 11 is 0. The number of nitrogens with two attached hydrogens (primary N) is 1. The van der Waals surface area contributed by atoms with Crippen molar-refractivity contribution in [3.8, 4) is 0 Å². The second-order valence-corrected chi connectivity index (χ2v) is 3.92. The van der Waals surface area contributed by atoms with E-state index in [0.717, 1.165) is 38.8 Å². The van der Waals surface area contributed by atoms with E-state index in [4.69, 9.17) is 10.5 Å². The molecule has 0 aromatic carbocycles. The number of amides is 1. The Morgan fingerprint density at radius 3 is 2.73 bits per heavy atom. The topological polar surface area (TPSA) is 64.3 Å². The molecule has 0 aliphatic rings. The fraction of sp³-hybridized carbons (Fsp3) is 0.909. The molecule has 0 aliphatic carbocycles. The van der Waals surface area contributed by atoms with E-state index in [2.05, 4.69) is 5.32 Å². The summed E-state index contributed by atoms with van der Waals surface area (Å²) in [5, 5.41) is 2.88. The van der Waals surface area contributed by atoms with Gasteiger partial charge in [-0.2, -0.15) is 0 Å². The molecule has 0 saturated carbocycles. The Morgan fingerprint density at radius 2 is 2.13 bits per heavy atom. The van der Waals surface area contributed by atoms with E-state index in [1.807, 2.05) is 6.92 Å². The summed E-state index contributed by atoms with van der Waals surface area (Å²) < 4.78 is 4.93. The molecule has 1 unspecified atom stereocenters. The maximum absolute atomic E-state index is 11.2. The number of carbonyl (C=O) groups is 1. The molecule has 0 fully saturated rings. The lowest BCUT2D eigenvalue weighted by molar-refractivity contribution is -0.121. The molecule has 1 atom stereocenters. The van der Waals surface area contributed by atoms with Crippen molar-refractivity contribution >= 4 is 5.91 Å². The van der Waals surface area contributed by atoms with Gasteiger partial charge in [0.1, 0.15) is 0 Å². The van der Waals surface area contributed by atoms with Crippen LogP contribution in [0.1, 0.15) is 39.0 Å². The van der Waals surface area contributed by atoms with Crippen LogP contribution in [-0.2, 0) is 9.53 Å². The van der Waals surface area contributed by atoms with Crippen LogP contribution in [-0.4, -0.2) is 32.2 Å². The second-order valence-electron chi connectivity index (χ2n) is 3.92. The molecule has 0 bridgehead atoms. The van der Waals surface area contributed by atoms with Crippen molar-refractivity contribution in [3.05, 3.63) is 0 Å². The number of carbonyl (C=O) groups excluding carboxylic acids is 1. The molecule has 4 heteroatoms. The van der Waals surface area contributed by atoms with Crippen LogP contribution in [0.5, 0.6) is 0 Å². The van der Waals surface area contributed by atoms with Crippen LogP contribution in [0.4, 0.5) is 0 Å². The van der Waals surface area contributed by atoms with Gasteiger partial charge in [-0.05, 0) is 32.6 Å². The van der Waals surface area contributed by atoms with Gasteiger partial charge in [-0.1, -0.05) is 0 Å². The van der Waals surface area contributed by atoms with E-state index >= 15 is 0 Å². The van der Waals surface area contributed by atoms with Gasteiger partial charge in [-0.15, -0.1) is 0 Å². The highest BCUT2D eigenvalue weighted by Gasteiger charge is 2.02. The molecule has 15 heavy (non-hydrogen) atoms. The molecule has 1 amide bonds. The zero-order chi connectivity index (χ0) is 11.5. The molecule has 0 rings (SSSR count). The van der Waals surface area contributed by atoms with Gasteiger partial charge in [-0.3, -0.25) is 4.79 Å². The molecular weight excluding hydrogens is 192 g/mol. The molecule has 0 spiro atoms. The second kappa shape index (κ2) is 9.93. The number of rotatable bonds is 9. The van der Waals surface area contributed by atoms with Crippen LogP contribution in [0.15, 0.2) is 0 Å². The molecule has 0 aromatic heterocycles. The van der Waals surface area contributed by atoms with Crippen molar-refractivity contribution < 1.29 is 9.53 Å². The zero-order valence-corrected chi connectivity index (χ0v) is 9.92. The molecule has 3 N–H and O–H groups in total. The smallest absolute Gasteiger partial charge is 0.220 e. The van der Waals surface area contributed by atoms with E-state index in [9.17, 15) is 4.79 Å². The van der Waals surface area contributed by atoms with E-state index in [1.54, 1.807) is 7.11 Å². The molecule has 4 nitrogen and oxygen atoms in total. The Kier molecular flexibility index (Phi) is 9.52. The lowest BCUT2D eigenvalue weighted by atomic mass is 10.2. The lowest BCUT2D eigenvalue weighted by Gasteiger charge is -2.06. The molecule has 0 saturated heterocycles. The monoisotopic (exact) mass is 216 g/mol. The number of hydrogen-bond donors (Lipinski definition) is 2. The first-order valence-corrected chi connectivity index (χ1v) is 5.68. The Balaban J connectivity index is 3.17. The lowest BCUT2D eigenvalue weighted by Crippen LogP contribution is -2.26. The van der Waals surface area contributed by atoms with Gasteiger partial charge >= 0.3 is 0 Å². The average molecular weight is 216 g/mol. The van der Waals surface area contributed by atoms with Crippen LogP contribution in [0.25, 0.3) is 0 Å². The summed E-state index contributed by atoms with van der Waals surface area (Å²) in [6.45, 7) is 3.48. The maximum atomic E-state index is 11.2. The van der Waals surface area contributed by atoms with Crippen molar-refractivity contribution in [3.63, 3.8) is 0 Å². The van der Waals surface area contributed by atoms with Gasteiger partial charge in [-0.25, -0.2) is 0 Å². The minimum atomic E-state index is 0.109. The summed E-state index contributed by atoms with van der Waals surface area (Å²) in [6, 6.07) is 0.109. The average Bonchev–Trinajstić information content (AvgIpc) is 2.20. The van der Waals surface area contributed by atoms with Gasteiger partial charge in [0.15, 0.2) is 0 Å². The zero-order valence-electron chi connectivity index (χ0n) is 9.92. The summed E-state index contributed by atoms with van der Waals surface area (Å²) in [5.74, 6) is 0.110. The first kappa shape index (κ1) is 14.4. The van der Waals surface area contributed by atoms with Crippen molar-refractivity contribution in [2.45, 2.75) is 45.1 Å². The maximum Gasteiger partial charge on any atom is 0.220 e. The van der Waals surface area contributed by atoms with Crippen LogP contribution in [0, 0.1) is 0 Å². The first-order valence-electron chi connectivity index (χ1n) is 5.68. The van der Waals surface area contributed by atoms with Gasteiger partial charge in [0.2, 0.25) is 5.91 Å². The van der Waals surface area contributed by atoms with Gasteiger partial charge in [0.05, 0.1) is 0 Å². The highest BCUT2D eigenvalue weighted by atomic mass is 16.5. The van der Waals surface area contributed by atoms with Crippen molar-refractivity contribution in [1.82, 2.24) is 5.32 Å². The highest BCUT2D eigenvalue weighted by molar-refractivity contribution is 5.75. The quantitative estimate of drug-likeness (QED) is 0.566. The minimum absolute atomic E-state index is 0.109. The number of methoxy groups -OCH3 is 1. The van der Waals surface area contributed by atoms with E-state index in [1.165, 1.54) is 0 Å². The third-order valence-electron chi connectivity index (χ3n) is 2.17. The number of hydrogen-bond acceptors (Lipinski definition) is 3. The van der Waals surface area contributed by atoms with Crippen molar-refractivity contribution in [1.29, 1.82) is 0 Å². The Labute approximate surface area is 92.6 Å². The summed E-state index contributed by atoms with van der Waals surface area (Å²) in [4.78, 5) is 11.2. The molecule has 90 valence electrons. The fourth-order valence-corrected chi connectivity index (χ4v) is 1.22. The highest BCUT2D eigenvalue weighted by Crippen LogP contribution is 1.96. The minimum Gasteiger partial charge on any atom is -0.385 e. The molecular formula is C11H24N2O2. The Hall–Kier alpha value is -0.610. The Bertz CT molecular complexity index is 161. The molecule has 0 aromatic rings. The molecule has 0 aliphatic heterocycles. The van der Waals surface area contributed by atoms with Crippen LogP contribution >= 0.6 is 0 Å². The van der Waals surface area contributed by atoms with Crippen LogP contribution in [0.3, 0.4) is 0 Å². The summed E-state index contributed by atoms with van der Waals surface area (Å²) in [5.41, 5.74) is 5.56. The normalized spacial score (nSPS) is 12.5. The van der Waals surface area contributed by atoms with Gasteiger partial charge < -0.3 is 15.8 Å². The van der Waals surface area contributed by atoms with E-state index < -0.39 is 0 Å². The van der Waals surface area contributed by atoms with Gasteiger partial charge in [0, 0.05) is 32.7 Å². The predicted molar refractivity (Wildman–Crippen MR) is 61.6 cm³/mol. The number of unbranched alkanes of at least 4 members (excludes halogenated alkanes) is 2. The third-order valence-corrected chi connectivity index (χ3v) is 2.17. The molecule has 0 radical (unpaired) electrons. The van der Waals surface area contributed by atoms with Gasteiger partial charge in [0.25, 0.3) is 0 Å². The SMILES string of the molecule is COCCCCCNC(=O)CCC(C)N. The molecule has 0 heterocycles. The fourth-order valence-electron chi connectivity index (χ4n) is 1.22. The third kappa shape index (κ3) is 11.3. The van der Waals surface area contributed by atoms with E-state index in [0.29, 0.717) is 6.42 Å².